The molecule has 0 unspecified atom stereocenters. The number of nitrogens with one attached hydrogen (secondary N) is 1. The molecule has 1 amide bonds. The zero-order valence-corrected chi connectivity index (χ0v) is 15.5. The van der Waals surface area contributed by atoms with E-state index in [1.54, 1.807) is 0 Å². The average molecular weight is 351 g/mol. The normalized spacial score (nSPS) is 13.8. The minimum absolute atomic E-state index is 0.125. The number of ether oxygens (including phenoxy) is 1. The molecule has 0 spiro atoms. The van der Waals surface area contributed by atoms with Crippen LogP contribution in [0.1, 0.15) is 43.1 Å². The van der Waals surface area contributed by atoms with Crippen LogP contribution in [0.25, 0.3) is 0 Å². The van der Waals surface area contributed by atoms with Crippen LogP contribution in [-0.2, 0) is 11.3 Å². The van der Waals surface area contributed by atoms with Crippen LogP contribution in [0.4, 0.5) is 11.4 Å². The summed E-state index contributed by atoms with van der Waals surface area (Å²) in [6.45, 7) is 7.46. The second-order valence-corrected chi connectivity index (χ2v) is 6.77. The molecule has 1 aliphatic heterocycles. The van der Waals surface area contributed by atoms with Crippen LogP contribution in [-0.4, -0.2) is 24.3 Å². The van der Waals surface area contributed by atoms with Crippen LogP contribution >= 0.6 is 0 Å². The Kier molecular flexibility index (Phi) is 5.68. The molecule has 0 saturated carbocycles. The van der Waals surface area contributed by atoms with E-state index in [1.165, 1.54) is 0 Å². The van der Waals surface area contributed by atoms with Crippen molar-refractivity contribution in [2.24, 2.45) is 5.10 Å². The zero-order chi connectivity index (χ0) is 18.5. The van der Waals surface area contributed by atoms with E-state index in [2.05, 4.69) is 10.4 Å². The molecule has 0 atom stereocenters. The molecule has 3 rings (SSSR count). The van der Waals surface area contributed by atoms with Crippen molar-refractivity contribution >= 4 is 23.0 Å². The number of hydrazone groups is 1. The lowest BCUT2D eigenvalue weighted by Gasteiger charge is -2.14. The minimum atomic E-state index is -0.125. The Balaban J connectivity index is 1.64. The summed E-state index contributed by atoms with van der Waals surface area (Å²) in [7, 11) is 0. The minimum Gasteiger partial charge on any atom is -0.374 e. The molecule has 1 N–H and O–H groups in total. The third kappa shape index (κ3) is 4.70. The van der Waals surface area contributed by atoms with Gasteiger partial charge in [-0.25, -0.2) is 0 Å². The molecule has 0 bridgehead atoms. The van der Waals surface area contributed by atoms with Gasteiger partial charge < -0.3 is 10.1 Å². The van der Waals surface area contributed by atoms with E-state index in [0.29, 0.717) is 12.2 Å². The molecule has 5 heteroatoms. The highest BCUT2D eigenvalue weighted by molar-refractivity contribution is 6.04. The van der Waals surface area contributed by atoms with Gasteiger partial charge in [0.1, 0.15) is 0 Å². The lowest BCUT2D eigenvalue weighted by atomic mass is 10.1. The second kappa shape index (κ2) is 8.15. The number of hydrogen-bond donors (Lipinski definition) is 1. The molecule has 1 heterocycles. The van der Waals surface area contributed by atoms with E-state index < -0.39 is 0 Å². The Morgan fingerprint density at radius 3 is 2.65 bits per heavy atom. The molecule has 0 saturated heterocycles. The third-order valence-electron chi connectivity index (χ3n) is 4.17. The molecular weight excluding hydrogens is 326 g/mol. The van der Waals surface area contributed by atoms with E-state index >= 15 is 0 Å². The number of carbonyl (C=O) groups is 1. The van der Waals surface area contributed by atoms with Crippen molar-refractivity contribution in [3.63, 3.8) is 0 Å². The molecule has 0 radical (unpaired) electrons. The Labute approximate surface area is 154 Å². The highest BCUT2D eigenvalue weighted by Gasteiger charge is 2.13. The van der Waals surface area contributed by atoms with Gasteiger partial charge >= 0.3 is 0 Å². The van der Waals surface area contributed by atoms with Crippen molar-refractivity contribution in [2.45, 2.75) is 39.9 Å². The first-order valence-corrected chi connectivity index (χ1v) is 8.95. The Morgan fingerprint density at radius 2 is 2.00 bits per heavy atom. The van der Waals surface area contributed by atoms with Crippen molar-refractivity contribution in [1.29, 1.82) is 0 Å². The average Bonchev–Trinajstić information content (AvgIpc) is 3.07. The van der Waals surface area contributed by atoms with Crippen molar-refractivity contribution in [3.05, 3.63) is 59.7 Å². The predicted octanol–water partition coefficient (Wildman–Crippen LogP) is 4.45. The number of hydrogen-bond acceptors (Lipinski definition) is 4. The van der Waals surface area contributed by atoms with E-state index in [0.717, 1.165) is 35.6 Å². The highest BCUT2D eigenvalue weighted by atomic mass is 16.5. The summed E-state index contributed by atoms with van der Waals surface area (Å²) in [5.41, 5.74) is 4.56. The van der Waals surface area contributed by atoms with Gasteiger partial charge in [-0.15, -0.1) is 0 Å². The first-order chi connectivity index (χ1) is 12.5. The summed E-state index contributed by atoms with van der Waals surface area (Å²) in [6.07, 6.45) is 1.16. The first-order valence-electron chi connectivity index (χ1n) is 8.95. The van der Waals surface area contributed by atoms with E-state index in [9.17, 15) is 4.79 Å². The van der Waals surface area contributed by atoms with Crippen LogP contribution in [0, 0.1) is 0 Å². The molecule has 26 heavy (non-hydrogen) atoms. The summed E-state index contributed by atoms with van der Waals surface area (Å²) in [5.74, 6) is -0.125. The Bertz CT molecular complexity index is 797. The fourth-order valence-electron chi connectivity index (χ4n) is 2.75. The van der Waals surface area contributed by atoms with E-state index in [1.807, 2.05) is 74.3 Å². The zero-order valence-electron chi connectivity index (χ0n) is 15.5. The van der Waals surface area contributed by atoms with Gasteiger partial charge in [0.2, 0.25) is 0 Å². The van der Waals surface area contributed by atoms with Gasteiger partial charge in [0, 0.05) is 29.9 Å². The molecule has 0 aliphatic carbocycles. The molecule has 0 aromatic heterocycles. The Hall–Kier alpha value is -2.66. The first kappa shape index (κ1) is 18.1. The lowest BCUT2D eigenvalue weighted by molar-refractivity contribution is 0.0657. The van der Waals surface area contributed by atoms with Crippen molar-refractivity contribution < 1.29 is 9.53 Å². The maximum atomic E-state index is 12.5. The van der Waals surface area contributed by atoms with Crippen LogP contribution in [0.2, 0.25) is 0 Å². The number of rotatable bonds is 6. The monoisotopic (exact) mass is 351 g/mol. The largest absolute Gasteiger partial charge is 0.374 e. The summed E-state index contributed by atoms with van der Waals surface area (Å²) in [4.78, 5) is 12.5. The van der Waals surface area contributed by atoms with Gasteiger partial charge in [-0.1, -0.05) is 12.1 Å². The number of carbonyl (C=O) groups excluding carboxylic acids is 1. The van der Waals surface area contributed by atoms with Crippen LogP contribution < -0.4 is 10.3 Å². The van der Waals surface area contributed by atoms with Gasteiger partial charge in [-0.2, -0.15) is 5.10 Å². The van der Waals surface area contributed by atoms with Gasteiger partial charge in [0.25, 0.3) is 5.91 Å². The molecule has 1 aliphatic rings. The molecule has 5 nitrogen and oxygen atoms in total. The number of nitrogens with zero attached hydrogens (tertiary/aromatic N) is 2. The van der Waals surface area contributed by atoms with Crippen LogP contribution in [0.3, 0.4) is 0 Å². The summed E-state index contributed by atoms with van der Waals surface area (Å²) in [6, 6.07) is 15.3. The molecule has 0 fully saturated rings. The van der Waals surface area contributed by atoms with Gasteiger partial charge in [0.15, 0.2) is 0 Å². The third-order valence-corrected chi connectivity index (χ3v) is 4.17. The maximum Gasteiger partial charge on any atom is 0.255 e. The highest BCUT2D eigenvalue weighted by Crippen LogP contribution is 2.20. The standard InChI is InChI=1S/C21H25N3O2/c1-15(2)26-14-17-5-4-6-19(13-17)22-21(25)18-7-9-20(10-8-18)24-12-11-16(3)23-24/h4-10,13,15H,11-12,14H2,1-3H3,(H,22,25). The molecule has 2 aromatic carbocycles. The summed E-state index contributed by atoms with van der Waals surface area (Å²) >= 11 is 0. The SMILES string of the molecule is CC1=NN(c2ccc(C(=O)Nc3cccc(COC(C)C)c3)cc2)CC1. The summed E-state index contributed by atoms with van der Waals surface area (Å²) < 4.78 is 5.61. The smallest absolute Gasteiger partial charge is 0.255 e. The number of anilines is 2. The van der Waals surface area contributed by atoms with Gasteiger partial charge in [-0.05, 0) is 62.7 Å². The predicted molar refractivity (Wildman–Crippen MR) is 106 cm³/mol. The maximum absolute atomic E-state index is 12.5. The lowest BCUT2D eigenvalue weighted by Crippen LogP contribution is -2.14. The molecule has 2 aromatic rings. The summed E-state index contributed by atoms with van der Waals surface area (Å²) in [5, 5.41) is 9.39. The van der Waals surface area contributed by atoms with Gasteiger partial charge in [-0.3, -0.25) is 9.80 Å². The van der Waals surface area contributed by atoms with Crippen molar-refractivity contribution in [3.8, 4) is 0 Å². The fourth-order valence-corrected chi connectivity index (χ4v) is 2.75. The van der Waals surface area contributed by atoms with Crippen LogP contribution in [0.5, 0.6) is 0 Å². The van der Waals surface area contributed by atoms with E-state index in [-0.39, 0.29) is 12.0 Å². The van der Waals surface area contributed by atoms with Crippen molar-refractivity contribution in [1.82, 2.24) is 0 Å². The van der Waals surface area contributed by atoms with Gasteiger partial charge in [0.05, 0.1) is 18.4 Å². The number of benzene rings is 2. The molecule has 136 valence electrons. The quantitative estimate of drug-likeness (QED) is 0.836. The second-order valence-electron chi connectivity index (χ2n) is 6.77. The van der Waals surface area contributed by atoms with Crippen LogP contribution in [0.15, 0.2) is 53.6 Å². The topological polar surface area (TPSA) is 53.9 Å². The van der Waals surface area contributed by atoms with Crippen molar-refractivity contribution in [2.75, 3.05) is 16.9 Å². The van der Waals surface area contributed by atoms with E-state index in [4.69, 9.17) is 4.74 Å². The number of amides is 1. The fraction of sp³-hybridized carbons (Fsp3) is 0.333. The molecular formula is C21H25N3O2. The Morgan fingerprint density at radius 1 is 1.23 bits per heavy atom.